The van der Waals surface area contributed by atoms with Gasteiger partial charge in [-0.3, -0.25) is 9.59 Å². The fourth-order valence-corrected chi connectivity index (χ4v) is 3.71. The molecule has 1 unspecified atom stereocenters. The van der Waals surface area contributed by atoms with Crippen LogP contribution in [-0.2, 0) is 11.3 Å². The highest BCUT2D eigenvalue weighted by Crippen LogP contribution is 2.32. The standard InChI is InChI=1S/C21H26N4O3S/c1-13(2)7-8-14(3)22-19(26)12-25-20(27)11-16(17-10-15(4)24-28-17)21(23-25)18-6-5-9-29-18/h5-6,9-11,13-14H,7-8,12H2,1-4H3,(H,22,26). The largest absolute Gasteiger partial charge is 0.356 e. The lowest BCUT2D eigenvalue weighted by atomic mass is 10.0. The summed E-state index contributed by atoms with van der Waals surface area (Å²) in [7, 11) is 0. The van der Waals surface area contributed by atoms with E-state index in [1.165, 1.54) is 22.1 Å². The third-order valence-electron chi connectivity index (χ3n) is 4.52. The molecule has 0 spiro atoms. The first-order chi connectivity index (χ1) is 13.8. The lowest BCUT2D eigenvalue weighted by molar-refractivity contribution is -0.122. The van der Waals surface area contributed by atoms with E-state index in [4.69, 9.17) is 4.52 Å². The monoisotopic (exact) mass is 414 g/mol. The number of aryl methyl sites for hydroxylation is 1. The molecule has 3 heterocycles. The van der Waals surface area contributed by atoms with E-state index in [1.807, 2.05) is 31.4 Å². The molecule has 0 bridgehead atoms. The van der Waals surface area contributed by atoms with E-state index in [9.17, 15) is 9.59 Å². The van der Waals surface area contributed by atoms with Crippen LogP contribution in [-0.4, -0.2) is 26.9 Å². The molecular formula is C21H26N4O3S. The van der Waals surface area contributed by atoms with Crippen LogP contribution < -0.4 is 10.9 Å². The number of carbonyl (C=O) groups is 1. The molecule has 0 saturated heterocycles. The molecule has 29 heavy (non-hydrogen) atoms. The van der Waals surface area contributed by atoms with E-state index in [0.717, 1.165) is 23.4 Å². The molecule has 1 amide bonds. The van der Waals surface area contributed by atoms with Crippen molar-refractivity contribution in [3.63, 3.8) is 0 Å². The Labute approximate surface area is 173 Å². The van der Waals surface area contributed by atoms with Gasteiger partial charge in [0.1, 0.15) is 12.2 Å². The zero-order chi connectivity index (χ0) is 21.0. The summed E-state index contributed by atoms with van der Waals surface area (Å²) >= 11 is 1.50. The molecule has 8 heteroatoms. The lowest BCUT2D eigenvalue weighted by Gasteiger charge is -2.16. The second kappa shape index (κ2) is 9.17. The molecular weight excluding hydrogens is 388 g/mol. The maximum absolute atomic E-state index is 12.6. The summed E-state index contributed by atoms with van der Waals surface area (Å²) in [6.45, 7) is 7.97. The summed E-state index contributed by atoms with van der Waals surface area (Å²) in [5, 5.41) is 13.3. The van der Waals surface area contributed by atoms with Crippen LogP contribution >= 0.6 is 11.3 Å². The second-order valence-corrected chi connectivity index (χ2v) is 8.60. The molecule has 3 aromatic heterocycles. The molecule has 154 valence electrons. The molecule has 1 N–H and O–H groups in total. The van der Waals surface area contributed by atoms with E-state index >= 15 is 0 Å². The van der Waals surface area contributed by atoms with Crippen molar-refractivity contribution >= 4 is 17.2 Å². The molecule has 0 aromatic carbocycles. The summed E-state index contributed by atoms with van der Waals surface area (Å²) in [5.41, 5.74) is 1.52. The van der Waals surface area contributed by atoms with Crippen LogP contribution in [0.5, 0.6) is 0 Å². The average molecular weight is 415 g/mol. The highest BCUT2D eigenvalue weighted by atomic mass is 32.1. The van der Waals surface area contributed by atoms with Crippen LogP contribution in [0.3, 0.4) is 0 Å². The topological polar surface area (TPSA) is 90.0 Å². The molecule has 3 aromatic rings. The molecule has 0 fully saturated rings. The smallest absolute Gasteiger partial charge is 0.268 e. The lowest BCUT2D eigenvalue weighted by Crippen LogP contribution is -2.38. The van der Waals surface area contributed by atoms with Crippen molar-refractivity contribution in [1.29, 1.82) is 0 Å². The van der Waals surface area contributed by atoms with Gasteiger partial charge in [-0.1, -0.05) is 25.1 Å². The van der Waals surface area contributed by atoms with Gasteiger partial charge in [0.15, 0.2) is 5.76 Å². The Hall–Kier alpha value is -2.74. The predicted molar refractivity (Wildman–Crippen MR) is 114 cm³/mol. The first-order valence-electron chi connectivity index (χ1n) is 9.72. The summed E-state index contributed by atoms with van der Waals surface area (Å²) in [5.74, 6) is 0.838. The Bertz CT molecular complexity index is 1020. The first kappa shape index (κ1) is 21.0. The van der Waals surface area contributed by atoms with Gasteiger partial charge in [-0.15, -0.1) is 11.3 Å². The molecule has 0 aliphatic heterocycles. The van der Waals surface area contributed by atoms with Crippen molar-refractivity contribution in [2.75, 3.05) is 0 Å². The van der Waals surface area contributed by atoms with Gasteiger partial charge in [-0.25, -0.2) is 4.68 Å². The van der Waals surface area contributed by atoms with E-state index < -0.39 is 0 Å². The van der Waals surface area contributed by atoms with E-state index in [1.54, 1.807) is 6.07 Å². The van der Waals surface area contributed by atoms with Gasteiger partial charge in [0, 0.05) is 18.2 Å². The molecule has 0 radical (unpaired) electrons. The Balaban J connectivity index is 1.86. The summed E-state index contributed by atoms with van der Waals surface area (Å²) < 4.78 is 6.55. The van der Waals surface area contributed by atoms with Gasteiger partial charge >= 0.3 is 0 Å². The Kier molecular flexibility index (Phi) is 6.64. The minimum atomic E-state index is -0.362. The number of amides is 1. The number of nitrogens with zero attached hydrogens (tertiary/aromatic N) is 3. The van der Waals surface area contributed by atoms with Gasteiger partial charge in [0.05, 0.1) is 16.1 Å². The van der Waals surface area contributed by atoms with Crippen molar-refractivity contribution < 1.29 is 9.32 Å². The Morgan fingerprint density at radius 1 is 1.28 bits per heavy atom. The fourth-order valence-electron chi connectivity index (χ4n) is 2.99. The fraction of sp³-hybridized carbons (Fsp3) is 0.429. The van der Waals surface area contributed by atoms with Gasteiger partial charge < -0.3 is 9.84 Å². The second-order valence-electron chi connectivity index (χ2n) is 7.65. The Morgan fingerprint density at radius 3 is 2.69 bits per heavy atom. The quantitative estimate of drug-likeness (QED) is 0.604. The molecule has 0 aliphatic rings. The number of carbonyl (C=O) groups excluding carboxylic acids is 1. The summed E-state index contributed by atoms with van der Waals surface area (Å²) in [4.78, 5) is 26.0. The zero-order valence-electron chi connectivity index (χ0n) is 17.1. The van der Waals surface area contributed by atoms with E-state index in [0.29, 0.717) is 22.9 Å². The Morgan fingerprint density at radius 2 is 2.07 bits per heavy atom. The normalized spacial score (nSPS) is 12.3. The van der Waals surface area contributed by atoms with Crippen LogP contribution in [0.15, 0.2) is 39.0 Å². The number of rotatable bonds is 8. The number of nitrogens with one attached hydrogen (secondary N) is 1. The highest BCUT2D eigenvalue weighted by Gasteiger charge is 2.18. The minimum absolute atomic E-state index is 0.0498. The maximum Gasteiger partial charge on any atom is 0.268 e. The van der Waals surface area contributed by atoms with Crippen molar-refractivity contribution in [3.05, 3.63) is 45.7 Å². The van der Waals surface area contributed by atoms with Crippen molar-refractivity contribution in [2.45, 2.75) is 53.1 Å². The highest BCUT2D eigenvalue weighted by molar-refractivity contribution is 7.13. The third-order valence-corrected chi connectivity index (χ3v) is 5.40. The van der Waals surface area contributed by atoms with Crippen molar-refractivity contribution in [3.8, 4) is 21.9 Å². The van der Waals surface area contributed by atoms with Gasteiger partial charge in [-0.2, -0.15) is 5.10 Å². The average Bonchev–Trinajstić information content (AvgIpc) is 3.33. The number of hydrogen-bond donors (Lipinski definition) is 1. The van der Waals surface area contributed by atoms with Crippen molar-refractivity contribution in [2.24, 2.45) is 5.92 Å². The van der Waals surface area contributed by atoms with Crippen LogP contribution in [0.25, 0.3) is 21.9 Å². The number of aromatic nitrogens is 3. The third kappa shape index (κ3) is 5.41. The molecule has 0 saturated carbocycles. The summed E-state index contributed by atoms with van der Waals surface area (Å²) in [6.07, 6.45) is 1.93. The summed E-state index contributed by atoms with van der Waals surface area (Å²) in [6, 6.07) is 7.10. The number of thiophene rings is 1. The maximum atomic E-state index is 12.6. The van der Waals surface area contributed by atoms with Gasteiger partial charge in [0.25, 0.3) is 5.56 Å². The minimum Gasteiger partial charge on any atom is -0.356 e. The molecule has 3 rings (SSSR count). The molecule has 7 nitrogen and oxygen atoms in total. The van der Waals surface area contributed by atoms with E-state index in [-0.39, 0.29) is 24.1 Å². The number of hydrogen-bond acceptors (Lipinski definition) is 6. The first-order valence-corrected chi connectivity index (χ1v) is 10.6. The SMILES string of the molecule is Cc1cc(-c2cc(=O)n(CC(=O)NC(C)CCC(C)C)nc2-c2cccs2)on1. The van der Waals surface area contributed by atoms with Crippen LogP contribution in [0.1, 0.15) is 39.3 Å². The van der Waals surface area contributed by atoms with E-state index in [2.05, 4.69) is 29.4 Å². The molecule has 0 aliphatic carbocycles. The predicted octanol–water partition coefficient (Wildman–Crippen LogP) is 3.88. The zero-order valence-corrected chi connectivity index (χ0v) is 18.0. The van der Waals surface area contributed by atoms with Gasteiger partial charge in [-0.05, 0) is 44.1 Å². The van der Waals surface area contributed by atoms with Crippen LogP contribution in [0, 0.1) is 12.8 Å². The van der Waals surface area contributed by atoms with Crippen molar-refractivity contribution in [1.82, 2.24) is 20.3 Å². The van der Waals surface area contributed by atoms with Crippen LogP contribution in [0.2, 0.25) is 0 Å². The van der Waals surface area contributed by atoms with Crippen LogP contribution in [0.4, 0.5) is 0 Å². The van der Waals surface area contributed by atoms with Gasteiger partial charge in [0.2, 0.25) is 5.91 Å². The molecule has 1 atom stereocenters.